The van der Waals surface area contributed by atoms with E-state index in [4.69, 9.17) is 14.7 Å². The molecule has 2 rings (SSSR count). The van der Waals surface area contributed by atoms with E-state index in [1.165, 1.54) is 6.07 Å². The molecule has 0 fully saturated rings. The molecular weight excluding hydrogens is 280 g/mol. The molecule has 0 saturated carbocycles. The van der Waals surface area contributed by atoms with Crippen LogP contribution in [0.2, 0.25) is 0 Å². The monoisotopic (exact) mass is 298 g/mol. The highest BCUT2D eigenvalue weighted by atomic mass is 16.5. The van der Waals surface area contributed by atoms with Gasteiger partial charge >= 0.3 is 0 Å². The highest BCUT2D eigenvalue weighted by molar-refractivity contribution is 5.64. The number of rotatable bonds is 5. The second kappa shape index (κ2) is 6.81. The topological polar surface area (TPSA) is 75.1 Å². The maximum absolute atomic E-state index is 11.7. The number of aromatic nitrogens is 1. The number of benzene rings is 1. The summed E-state index contributed by atoms with van der Waals surface area (Å²) in [7, 11) is 1.58. The minimum atomic E-state index is -0.402. The van der Waals surface area contributed by atoms with Crippen LogP contribution in [0.15, 0.2) is 35.1 Å². The van der Waals surface area contributed by atoms with Gasteiger partial charge in [-0.1, -0.05) is 13.8 Å². The van der Waals surface area contributed by atoms with Crippen LogP contribution in [0.3, 0.4) is 0 Å². The summed E-state index contributed by atoms with van der Waals surface area (Å²) in [5.41, 5.74) is 1.11. The molecule has 114 valence electrons. The third-order valence-electron chi connectivity index (χ3n) is 3.08. The molecule has 0 radical (unpaired) electrons. The van der Waals surface area contributed by atoms with Crippen LogP contribution in [0, 0.1) is 17.2 Å². The minimum Gasteiger partial charge on any atom is -0.493 e. The van der Waals surface area contributed by atoms with Crippen molar-refractivity contribution in [2.45, 2.75) is 13.8 Å². The largest absolute Gasteiger partial charge is 0.493 e. The molecule has 5 nitrogen and oxygen atoms in total. The Kier molecular flexibility index (Phi) is 4.84. The zero-order valence-corrected chi connectivity index (χ0v) is 12.8. The van der Waals surface area contributed by atoms with E-state index in [-0.39, 0.29) is 5.56 Å². The number of aromatic amines is 1. The molecule has 1 N–H and O–H groups in total. The Bertz CT molecular complexity index is 757. The van der Waals surface area contributed by atoms with Gasteiger partial charge in [0, 0.05) is 11.3 Å². The van der Waals surface area contributed by atoms with Crippen molar-refractivity contribution in [3.63, 3.8) is 0 Å². The fourth-order valence-electron chi connectivity index (χ4n) is 1.94. The molecule has 5 heteroatoms. The van der Waals surface area contributed by atoms with Crippen molar-refractivity contribution >= 4 is 0 Å². The van der Waals surface area contributed by atoms with Crippen LogP contribution in [0.25, 0.3) is 11.3 Å². The summed E-state index contributed by atoms with van der Waals surface area (Å²) in [6.07, 6.45) is 0. The molecule has 0 bridgehead atoms. The van der Waals surface area contributed by atoms with E-state index in [2.05, 4.69) is 18.8 Å². The molecule has 0 unspecified atom stereocenters. The summed E-state index contributed by atoms with van der Waals surface area (Å²) in [4.78, 5) is 14.4. The summed E-state index contributed by atoms with van der Waals surface area (Å²) in [6, 6.07) is 10.5. The normalized spacial score (nSPS) is 10.3. The van der Waals surface area contributed by atoms with Crippen molar-refractivity contribution in [1.82, 2.24) is 4.98 Å². The first kappa shape index (κ1) is 15.6. The SMILES string of the molecule is COc1ccc(-c2ccc(C#N)c(=O)[nH]2)cc1OCC(C)C. The van der Waals surface area contributed by atoms with Gasteiger partial charge in [0.2, 0.25) is 0 Å². The van der Waals surface area contributed by atoms with Crippen LogP contribution in [0.5, 0.6) is 11.5 Å². The van der Waals surface area contributed by atoms with Gasteiger partial charge in [0.1, 0.15) is 11.6 Å². The maximum Gasteiger partial charge on any atom is 0.266 e. The predicted molar refractivity (Wildman–Crippen MR) is 84.1 cm³/mol. The Morgan fingerprint density at radius 1 is 1.23 bits per heavy atom. The number of ether oxygens (including phenoxy) is 2. The van der Waals surface area contributed by atoms with E-state index in [1.807, 2.05) is 18.2 Å². The third-order valence-corrected chi connectivity index (χ3v) is 3.08. The summed E-state index contributed by atoms with van der Waals surface area (Å²) in [6.45, 7) is 4.70. The van der Waals surface area contributed by atoms with Crippen LogP contribution in [-0.2, 0) is 0 Å². The van der Waals surface area contributed by atoms with Crippen LogP contribution in [0.1, 0.15) is 19.4 Å². The van der Waals surface area contributed by atoms with Crippen molar-refractivity contribution in [1.29, 1.82) is 5.26 Å². The zero-order chi connectivity index (χ0) is 16.1. The maximum atomic E-state index is 11.7. The fourth-order valence-corrected chi connectivity index (χ4v) is 1.94. The lowest BCUT2D eigenvalue weighted by Crippen LogP contribution is -2.10. The molecule has 0 aliphatic carbocycles. The minimum absolute atomic E-state index is 0.0912. The van der Waals surface area contributed by atoms with Crippen LogP contribution >= 0.6 is 0 Å². The summed E-state index contributed by atoms with van der Waals surface area (Å²) < 4.78 is 11.0. The van der Waals surface area contributed by atoms with E-state index in [0.29, 0.717) is 29.7 Å². The lowest BCUT2D eigenvalue weighted by atomic mass is 10.1. The number of hydrogen-bond acceptors (Lipinski definition) is 4. The summed E-state index contributed by atoms with van der Waals surface area (Å²) in [5.74, 6) is 1.65. The zero-order valence-electron chi connectivity index (χ0n) is 12.8. The Morgan fingerprint density at radius 2 is 2.00 bits per heavy atom. The van der Waals surface area contributed by atoms with Gasteiger partial charge in [-0.25, -0.2) is 0 Å². The second-order valence-electron chi connectivity index (χ2n) is 5.30. The smallest absolute Gasteiger partial charge is 0.266 e. The molecule has 0 spiro atoms. The van der Waals surface area contributed by atoms with Crippen molar-refractivity contribution < 1.29 is 9.47 Å². The van der Waals surface area contributed by atoms with Crippen molar-refractivity contribution in [3.05, 3.63) is 46.2 Å². The van der Waals surface area contributed by atoms with E-state index >= 15 is 0 Å². The summed E-state index contributed by atoms with van der Waals surface area (Å²) in [5, 5.41) is 8.81. The van der Waals surface area contributed by atoms with Gasteiger partial charge < -0.3 is 14.5 Å². The highest BCUT2D eigenvalue weighted by Crippen LogP contribution is 2.32. The van der Waals surface area contributed by atoms with Gasteiger partial charge in [-0.05, 0) is 36.2 Å². The molecule has 0 atom stereocenters. The fraction of sp³-hybridized carbons (Fsp3) is 0.294. The molecule has 0 aliphatic rings. The molecule has 0 aliphatic heterocycles. The molecule has 22 heavy (non-hydrogen) atoms. The number of nitriles is 1. The average molecular weight is 298 g/mol. The number of pyridine rings is 1. The van der Waals surface area contributed by atoms with Crippen LogP contribution < -0.4 is 15.0 Å². The van der Waals surface area contributed by atoms with E-state index in [0.717, 1.165) is 5.56 Å². The number of nitrogens with zero attached hydrogens (tertiary/aromatic N) is 1. The van der Waals surface area contributed by atoms with E-state index in [1.54, 1.807) is 19.2 Å². The third kappa shape index (κ3) is 3.47. The molecule has 1 heterocycles. The van der Waals surface area contributed by atoms with Crippen molar-refractivity contribution in [3.8, 4) is 28.8 Å². The Morgan fingerprint density at radius 3 is 2.59 bits per heavy atom. The van der Waals surface area contributed by atoms with Crippen LogP contribution in [0.4, 0.5) is 0 Å². The molecular formula is C17H18N2O3. The van der Waals surface area contributed by atoms with Gasteiger partial charge in [0.15, 0.2) is 11.5 Å². The Balaban J connectivity index is 2.39. The molecule has 1 aromatic heterocycles. The van der Waals surface area contributed by atoms with Gasteiger partial charge in [-0.15, -0.1) is 0 Å². The molecule has 0 saturated heterocycles. The first-order valence-electron chi connectivity index (χ1n) is 6.99. The first-order chi connectivity index (χ1) is 10.5. The molecule has 0 amide bonds. The Labute approximate surface area is 129 Å². The van der Waals surface area contributed by atoms with Gasteiger partial charge in [0.25, 0.3) is 5.56 Å². The molecule has 1 aromatic carbocycles. The van der Waals surface area contributed by atoms with Crippen molar-refractivity contribution in [2.75, 3.05) is 13.7 Å². The first-order valence-corrected chi connectivity index (χ1v) is 6.99. The quantitative estimate of drug-likeness (QED) is 0.920. The highest BCUT2D eigenvalue weighted by Gasteiger charge is 2.09. The standard InChI is InChI=1S/C17H18N2O3/c1-11(2)10-22-16-8-12(5-7-15(16)21-3)14-6-4-13(9-18)17(20)19-14/h4-8,11H,10H2,1-3H3,(H,19,20). The van der Waals surface area contributed by atoms with Gasteiger partial charge in [-0.2, -0.15) is 5.26 Å². The summed E-state index contributed by atoms with van der Waals surface area (Å²) >= 11 is 0. The average Bonchev–Trinajstić information content (AvgIpc) is 2.52. The Hall–Kier alpha value is -2.74. The number of nitrogens with one attached hydrogen (secondary N) is 1. The van der Waals surface area contributed by atoms with Gasteiger partial charge in [0.05, 0.1) is 13.7 Å². The van der Waals surface area contributed by atoms with Crippen LogP contribution in [-0.4, -0.2) is 18.7 Å². The van der Waals surface area contributed by atoms with Crippen molar-refractivity contribution in [2.24, 2.45) is 5.92 Å². The van der Waals surface area contributed by atoms with E-state index in [9.17, 15) is 4.79 Å². The van der Waals surface area contributed by atoms with E-state index < -0.39 is 5.56 Å². The number of hydrogen-bond donors (Lipinski definition) is 1. The number of H-pyrrole nitrogens is 1. The second-order valence-corrected chi connectivity index (χ2v) is 5.30. The molecule has 2 aromatic rings. The lowest BCUT2D eigenvalue weighted by molar-refractivity contribution is 0.257. The number of methoxy groups -OCH3 is 1. The lowest BCUT2D eigenvalue weighted by Gasteiger charge is -2.13. The van der Waals surface area contributed by atoms with Gasteiger partial charge in [-0.3, -0.25) is 4.79 Å². The predicted octanol–water partition coefficient (Wildman–Crippen LogP) is 2.96.